The molecule has 1 saturated heterocycles. The minimum absolute atomic E-state index is 0.0829. The van der Waals surface area contributed by atoms with Gasteiger partial charge in [0.25, 0.3) is 10.0 Å². The molecule has 1 fully saturated rings. The number of thioether (sulfide) groups is 1. The molecule has 0 aliphatic carbocycles. The second kappa shape index (κ2) is 10.5. The standard InChI is InChI=1S/C19H20ClN3O5S4/c1-3-28-19(25)16-11(2)15(29-10-21)18(31-16)22-17(24)12-6-4-5-9-23(12)32(26,27)14-8-7-13(20)30-14/h7-8,12H,3-6,9H2,1-2H3,(H,22,24). The quantitative estimate of drug-likeness (QED) is 0.311. The SMILES string of the molecule is CCOC(=O)c1sc(NC(=O)C2CCCCN2S(=O)(=O)c2ccc(Cl)s2)c(SC#N)c1C. The van der Waals surface area contributed by atoms with Gasteiger partial charge in [-0.15, -0.1) is 22.7 Å². The van der Waals surface area contributed by atoms with Gasteiger partial charge in [0.1, 0.15) is 25.5 Å². The lowest BCUT2D eigenvalue weighted by atomic mass is 10.0. The number of hydrogen-bond donors (Lipinski definition) is 1. The van der Waals surface area contributed by atoms with Crippen molar-refractivity contribution < 1.29 is 22.7 Å². The van der Waals surface area contributed by atoms with Crippen LogP contribution >= 0.6 is 46.0 Å². The largest absolute Gasteiger partial charge is 0.462 e. The van der Waals surface area contributed by atoms with Gasteiger partial charge >= 0.3 is 5.97 Å². The molecule has 13 heteroatoms. The summed E-state index contributed by atoms with van der Waals surface area (Å²) in [6.45, 7) is 3.77. The summed E-state index contributed by atoms with van der Waals surface area (Å²) < 4.78 is 33.0. The van der Waals surface area contributed by atoms with Crippen LogP contribution in [-0.2, 0) is 19.6 Å². The highest BCUT2D eigenvalue weighted by atomic mass is 35.5. The summed E-state index contributed by atoms with van der Waals surface area (Å²) in [6, 6.07) is 2.03. The highest BCUT2D eigenvalue weighted by Gasteiger charge is 2.39. The van der Waals surface area contributed by atoms with Crippen LogP contribution in [0.2, 0.25) is 4.34 Å². The van der Waals surface area contributed by atoms with E-state index in [1.807, 2.05) is 5.40 Å². The minimum atomic E-state index is -3.89. The average Bonchev–Trinajstić information content (AvgIpc) is 3.33. The lowest BCUT2D eigenvalue weighted by Gasteiger charge is -2.33. The molecule has 172 valence electrons. The van der Waals surface area contributed by atoms with Crippen LogP contribution in [0.5, 0.6) is 0 Å². The predicted octanol–water partition coefficient (Wildman–Crippen LogP) is 4.70. The number of piperidine rings is 1. The topological polar surface area (TPSA) is 117 Å². The number of nitriles is 1. The van der Waals surface area contributed by atoms with Crippen molar-refractivity contribution in [3.05, 3.63) is 26.9 Å². The van der Waals surface area contributed by atoms with Gasteiger partial charge in [-0.1, -0.05) is 18.0 Å². The number of thiophene rings is 2. The molecular weight excluding hydrogens is 514 g/mol. The number of sulfonamides is 1. The van der Waals surface area contributed by atoms with Crippen LogP contribution in [0.4, 0.5) is 5.00 Å². The van der Waals surface area contributed by atoms with Gasteiger partial charge in [0.05, 0.1) is 15.8 Å². The first-order chi connectivity index (χ1) is 15.2. The number of halogens is 1. The fourth-order valence-electron chi connectivity index (χ4n) is 3.34. The van der Waals surface area contributed by atoms with Gasteiger partial charge in [-0.2, -0.15) is 9.57 Å². The summed E-state index contributed by atoms with van der Waals surface area (Å²) in [4.78, 5) is 26.2. The zero-order valence-corrected chi connectivity index (χ0v) is 21.2. The molecule has 8 nitrogen and oxygen atoms in total. The summed E-state index contributed by atoms with van der Waals surface area (Å²) in [5.74, 6) is -1.04. The number of anilines is 1. The molecule has 0 aromatic carbocycles. The molecule has 0 bridgehead atoms. The molecule has 32 heavy (non-hydrogen) atoms. The van der Waals surface area contributed by atoms with Crippen LogP contribution in [-0.4, -0.2) is 43.8 Å². The van der Waals surface area contributed by atoms with E-state index in [1.165, 1.54) is 16.4 Å². The fraction of sp³-hybridized carbons (Fsp3) is 0.421. The first-order valence-electron chi connectivity index (χ1n) is 9.65. The van der Waals surface area contributed by atoms with E-state index in [4.69, 9.17) is 16.3 Å². The lowest BCUT2D eigenvalue weighted by Crippen LogP contribution is -2.49. The van der Waals surface area contributed by atoms with Gasteiger partial charge in [0, 0.05) is 6.54 Å². The Kier molecular flexibility index (Phi) is 8.24. The molecule has 0 radical (unpaired) electrons. The van der Waals surface area contributed by atoms with Crippen LogP contribution in [0.15, 0.2) is 21.2 Å². The number of esters is 1. The van der Waals surface area contributed by atoms with Gasteiger partial charge in [-0.3, -0.25) is 4.79 Å². The third-order valence-electron chi connectivity index (χ3n) is 4.80. The Morgan fingerprint density at radius 3 is 2.75 bits per heavy atom. The van der Waals surface area contributed by atoms with Gasteiger partial charge in [0.2, 0.25) is 5.91 Å². The molecule has 1 N–H and O–H groups in total. The second-order valence-electron chi connectivity index (χ2n) is 6.80. The summed E-state index contributed by atoms with van der Waals surface area (Å²) >= 11 is 8.70. The molecule has 0 spiro atoms. The maximum Gasteiger partial charge on any atom is 0.348 e. The molecule has 1 aliphatic rings. The molecule has 3 rings (SSSR count). The van der Waals surface area contributed by atoms with Crippen LogP contribution in [0.3, 0.4) is 0 Å². The number of ether oxygens (including phenoxy) is 1. The van der Waals surface area contributed by atoms with Crippen molar-refractivity contribution in [2.45, 2.75) is 48.3 Å². The third-order valence-corrected chi connectivity index (χ3v) is 10.5. The number of amides is 1. The number of carbonyl (C=O) groups excluding carboxylic acids is 2. The zero-order chi connectivity index (χ0) is 23.5. The summed E-state index contributed by atoms with van der Waals surface area (Å²) in [5.41, 5.74) is 0.539. The smallest absolute Gasteiger partial charge is 0.348 e. The van der Waals surface area contributed by atoms with E-state index in [1.54, 1.807) is 13.8 Å². The zero-order valence-electron chi connectivity index (χ0n) is 17.2. The summed E-state index contributed by atoms with van der Waals surface area (Å²) in [5, 5.41) is 14.2. The second-order valence-corrected chi connectivity index (χ2v) is 12.5. The monoisotopic (exact) mass is 533 g/mol. The van der Waals surface area contributed by atoms with E-state index in [0.29, 0.717) is 43.9 Å². The van der Waals surface area contributed by atoms with E-state index in [-0.39, 0.29) is 17.4 Å². The number of rotatable bonds is 7. The van der Waals surface area contributed by atoms with Crippen molar-refractivity contribution in [1.29, 1.82) is 5.26 Å². The molecule has 2 aromatic rings. The molecule has 1 unspecified atom stereocenters. The van der Waals surface area contributed by atoms with Crippen LogP contribution in [0.1, 0.15) is 41.4 Å². The number of thiocyanates is 1. The molecule has 3 heterocycles. The minimum Gasteiger partial charge on any atom is -0.462 e. The van der Waals surface area contributed by atoms with Gasteiger partial charge in [-0.25, -0.2) is 13.2 Å². The van der Waals surface area contributed by atoms with Crippen molar-refractivity contribution in [2.24, 2.45) is 0 Å². The van der Waals surface area contributed by atoms with Crippen molar-refractivity contribution in [2.75, 3.05) is 18.5 Å². The first-order valence-corrected chi connectivity index (χ1v) is 13.9. The van der Waals surface area contributed by atoms with Gasteiger partial charge in [-0.05, 0) is 56.1 Å². The Bertz CT molecular complexity index is 1170. The van der Waals surface area contributed by atoms with Crippen LogP contribution < -0.4 is 5.32 Å². The third kappa shape index (κ3) is 5.13. The fourth-order valence-corrected chi connectivity index (χ4v) is 8.41. The number of carbonyl (C=O) groups is 2. The maximum atomic E-state index is 13.2. The van der Waals surface area contributed by atoms with Gasteiger partial charge in [0.15, 0.2) is 0 Å². The molecular formula is C19H20ClN3O5S4. The van der Waals surface area contributed by atoms with Crippen molar-refractivity contribution in [3.8, 4) is 5.40 Å². The first kappa shape index (κ1) is 25.0. The average molecular weight is 534 g/mol. The molecule has 1 atom stereocenters. The maximum absolute atomic E-state index is 13.2. The van der Waals surface area contributed by atoms with Crippen molar-refractivity contribution >= 4 is 72.9 Å². The van der Waals surface area contributed by atoms with E-state index in [2.05, 4.69) is 5.32 Å². The van der Waals surface area contributed by atoms with Crippen molar-refractivity contribution in [3.63, 3.8) is 0 Å². The molecule has 0 saturated carbocycles. The lowest BCUT2D eigenvalue weighted by molar-refractivity contribution is -0.120. The predicted molar refractivity (Wildman–Crippen MR) is 126 cm³/mol. The normalized spacial score (nSPS) is 17.0. The van der Waals surface area contributed by atoms with E-state index < -0.39 is 27.9 Å². The van der Waals surface area contributed by atoms with Crippen LogP contribution in [0.25, 0.3) is 0 Å². The Labute approximate surface area is 203 Å². The highest BCUT2D eigenvalue weighted by Crippen LogP contribution is 2.41. The van der Waals surface area contributed by atoms with E-state index in [0.717, 1.165) is 34.4 Å². The van der Waals surface area contributed by atoms with Gasteiger partial charge < -0.3 is 10.1 Å². The Morgan fingerprint density at radius 2 is 2.12 bits per heavy atom. The number of nitrogens with zero attached hydrogens (tertiary/aromatic N) is 2. The Hall–Kier alpha value is -1.62. The Morgan fingerprint density at radius 1 is 1.38 bits per heavy atom. The number of hydrogen-bond acceptors (Lipinski definition) is 9. The van der Waals surface area contributed by atoms with Crippen molar-refractivity contribution in [1.82, 2.24) is 4.31 Å². The number of nitrogens with one attached hydrogen (secondary N) is 1. The van der Waals surface area contributed by atoms with E-state index >= 15 is 0 Å². The Balaban J connectivity index is 1.90. The van der Waals surface area contributed by atoms with Crippen LogP contribution in [0, 0.1) is 17.6 Å². The molecule has 1 amide bonds. The highest BCUT2D eigenvalue weighted by molar-refractivity contribution is 8.04. The summed E-state index contributed by atoms with van der Waals surface area (Å²) in [6.07, 6.45) is 1.70. The molecule has 2 aromatic heterocycles. The van der Waals surface area contributed by atoms with E-state index in [9.17, 15) is 23.3 Å². The summed E-state index contributed by atoms with van der Waals surface area (Å²) in [7, 11) is -3.89. The molecule has 1 aliphatic heterocycles.